The fraction of sp³-hybridized carbons (Fsp3) is 0.158. The van der Waals surface area contributed by atoms with Crippen LogP contribution in [0.5, 0.6) is 5.75 Å². The quantitative estimate of drug-likeness (QED) is 0.631. The first kappa shape index (κ1) is 14.7. The molecule has 0 N–H and O–H groups in total. The number of pyridine rings is 1. The molecular weight excluding hydrogens is 382 g/mol. The van der Waals surface area contributed by atoms with E-state index in [0.29, 0.717) is 0 Å². The van der Waals surface area contributed by atoms with Crippen molar-refractivity contribution in [3.05, 3.63) is 82.5 Å². The third kappa shape index (κ3) is 2.44. The van der Waals surface area contributed by atoms with Crippen molar-refractivity contribution in [2.75, 3.05) is 0 Å². The molecular formula is C19H14BrN3O2. The molecule has 2 aliphatic heterocycles. The highest BCUT2D eigenvalue weighted by Gasteiger charge is 2.41. The van der Waals surface area contributed by atoms with Gasteiger partial charge in [0.1, 0.15) is 17.2 Å². The second kappa shape index (κ2) is 5.74. The van der Waals surface area contributed by atoms with Gasteiger partial charge in [-0.05, 0) is 42.5 Å². The smallest absolute Gasteiger partial charge is 0.213 e. The van der Waals surface area contributed by atoms with Gasteiger partial charge >= 0.3 is 0 Å². The Hall–Kier alpha value is -2.60. The number of nitrogens with zero attached hydrogens (tertiary/aromatic N) is 3. The molecule has 0 aliphatic carbocycles. The van der Waals surface area contributed by atoms with Crippen LogP contribution >= 0.6 is 15.9 Å². The van der Waals surface area contributed by atoms with E-state index in [4.69, 9.17) is 14.3 Å². The highest BCUT2D eigenvalue weighted by molar-refractivity contribution is 9.10. The van der Waals surface area contributed by atoms with E-state index in [9.17, 15) is 0 Å². The van der Waals surface area contributed by atoms with Gasteiger partial charge in [0.15, 0.2) is 0 Å². The van der Waals surface area contributed by atoms with Gasteiger partial charge < -0.3 is 9.15 Å². The molecule has 0 radical (unpaired) electrons. The second-order valence-corrected chi connectivity index (χ2v) is 6.97. The Balaban J connectivity index is 1.62. The first-order chi connectivity index (χ1) is 12.3. The third-order valence-electron chi connectivity index (χ3n) is 4.55. The number of hydrogen-bond donors (Lipinski definition) is 0. The Labute approximate surface area is 153 Å². The number of aromatic nitrogens is 1. The van der Waals surface area contributed by atoms with E-state index in [2.05, 4.69) is 27.0 Å². The predicted molar refractivity (Wildman–Crippen MR) is 96.2 cm³/mol. The predicted octanol–water partition coefficient (Wildman–Crippen LogP) is 4.68. The fourth-order valence-corrected chi connectivity index (χ4v) is 3.78. The molecule has 0 spiro atoms. The SMILES string of the molecule is Brc1ccc2c(c1)[C@@H]1CC(c3ccco3)=NN1[C@@H](c1ccncc1)O2. The number of hydrazone groups is 1. The van der Waals surface area contributed by atoms with Crippen molar-refractivity contribution < 1.29 is 9.15 Å². The van der Waals surface area contributed by atoms with Gasteiger partial charge in [-0.1, -0.05) is 15.9 Å². The minimum Gasteiger partial charge on any atom is -0.464 e. The zero-order valence-electron chi connectivity index (χ0n) is 13.2. The lowest BCUT2D eigenvalue weighted by Crippen LogP contribution is -2.33. The molecule has 0 unspecified atom stereocenters. The summed E-state index contributed by atoms with van der Waals surface area (Å²) in [6.45, 7) is 0. The highest BCUT2D eigenvalue weighted by Crippen LogP contribution is 2.48. The third-order valence-corrected chi connectivity index (χ3v) is 5.04. The molecule has 4 heterocycles. The Kier molecular flexibility index (Phi) is 3.38. The molecule has 3 aromatic rings. The minimum atomic E-state index is -0.283. The van der Waals surface area contributed by atoms with Crippen LogP contribution in [0.15, 0.2) is 75.1 Å². The van der Waals surface area contributed by atoms with E-state index in [1.807, 2.05) is 41.4 Å². The van der Waals surface area contributed by atoms with Crippen LogP contribution in [-0.4, -0.2) is 15.7 Å². The van der Waals surface area contributed by atoms with E-state index in [0.717, 1.165) is 39.2 Å². The van der Waals surface area contributed by atoms with Crippen LogP contribution in [0.4, 0.5) is 0 Å². The Morgan fingerprint density at radius 3 is 2.80 bits per heavy atom. The molecule has 2 aromatic heterocycles. The average Bonchev–Trinajstić information content (AvgIpc) is 3.31. The van der Waals surface area contributed by atoms with Crippen molar-refractivity contribution in [3.8, 4) is 5.75 Å². The molecule has 0 bridgehead atoms. The monoisotopic (exact) mass is 395 g/mol. The van der Waals surface area contributed by atoms with E-state index in [1.54, 1.807) is 18.7 Å². The van der Waals surface area contributed by atoms with Crippen LogP contribution < -0.4 is 4.74 Å². The van der Waals surface area contributed by atoms with Gasteiger partial charge in [-0.2, -0.15) is 5.10 Å². The summed E-state index contributed by atoms with van der Waals surface area (Å²) in [4.78, 5) is 4.11. The van der Waals surface area contributed by atoms with Gasteiger partial charge in [-0.25, -0.2) is 5.01 Å². The van der Waals surface area contributed by atoms with Crippen LogP contribution in [0.25, 0.3) is 0 Å². The summed E-state index contributed by atoms with van der Waals surface area (Å²) in [5.41, 5.74) is 3.09. The summed E-state index contributed by atoms with van der Waals surface area (Å²) in [5, 5.41) is 6.86. The number of ether oxygens (including phenoxy) is 1. The topological polar surface area (TPSA) is 50.9 Å². The van der Waals surface area contributed by atoms with E-state index in [-0.39, 0.29) is 12.3 Å². The molecule has 0 amide bonds. The molecule has 2 aliphatic rings. The summed E-state index contributed by atoms with van der Waals surface area (Å²) in [5.74, 6) is 1.70. The van der Waals surface area contributed by atoms with Crippen LogP contribution in [0.2, 0.25) is 0 Å². The average molecular weight is 396 g/mol. The van der Waals surface area contributed by atoms with Gasteiger partial charge in [-0.3, -0.25) is 4.98 Å². The summed E-state index contributed by atoms with van der Waals surface area (Å²) < 4.78 is 12.9. The number of halogens is 1. The number of furan rings is 1. The van der Waals surface area contributed by atoms with Gasteiger partial charge in [0.05, 0.1) is 12.3 Å². The zero-order chi connectivity index (χ0) is 16.8. The molecule has 0 saturated carbocycles. The van der Waals surface area contributed by atoms with Gasteiger partial charge in [0.2, 0.25) is 6.23 Å². The van der Waals surface area contributed by atoms with Gasteiger partial charge in [0.25, 0.3) is 0 Å². The Morgan fingerprint density at radius 1 is 1.12 bits per heavy atom. The second-order valence-electron chi connectivity index (χ2n) is 6.06. The van der Waals surface area contributed by atoms with Crippen LogP contribution in [0.1, 0.15) is 35.6 Å². The number of rotatable bonds is 2. The summed E-state index contributed by atoms with van der Waals surface area (Å²) in [6, 6.07) is 14.0. The lowest BCUT2D eigenvalue weighted by molar-refractivity contribution is -0.0191. The fourth-order valence-electron chi connectivity index (χ4n) is 3.40. The summed E-state index contributed by atoms with van der Waals surface area (Å²) >= 11 is 3.56. The lowest BCUT2D eigenvalue weighted by Gasteiger charge is -2.38. The molecule has 5 rings (SSSR count). The van der Waals surface area contributed by atoms with Crippen LogP contribution in [0.3, 0.4) is 0 Å². The first-order valence-corrected chi connectivity index (χ1v) is 8.84. The first-order valence-electron chi connectivity index (χ1n) is 8.05. The maximum absolute atomic E-state index is 6.29. The van der Waals surface area contributed by atoms with Crippen molar-refractivity contribution in [1.82, 2.24) is 9.99 Å². The lowest BCUT2D eigenvalue weighted by atomic mass is 9.97. The summed E-state index contributed by atoms with van der Waals surface area (Å²) in [7, 11) is 0. The molecule has 5 nitrogen and oxygen atoms in total. The number of fused-ring (bicyclic) bond motifs is 3. The maximum Gasteiger partial charge on any atom is 0.213 e. The molecule has 0 saturated heterocycles. The van der Waals surface area contributed by atoms with Crippen molar-refractivity contribution in [1.29, 1.82) is 0 Å². The van der Waals surface area contributed by atoms with Crippen molar-refractivity contribution in [2.45, 2.75) is 18.7 Å². The Morgan fingerprint density at radius 2 is 2.00 bits per heavy atom. The zero-order valence-corrected chi connectivity index (χ0v) is 14.8. The molecule has 0 fully saturated rings. The van der Waals surface area contributed by atoms with E-state index < -0.39 is 0 Å². The summed E-state index contributed by atoms with van der Waals surface area (Å²) in [6.07, 6.45) is 5.73. The largest absolute Gasteiger partial charge is 0.464 e. The minimum absolute atomic E-state index is 0.111. The Bertz CT molecular complexity index is 941. The van der Waals surface area contributed by atoms with Gasteiger partial charge in [0, 0.05) is 34.4 Å². The van der Waals surface area contributed by atoms with E-state index >= 15 is 0 Å². The number of hydrogen-bond acceptors (Lipinski definition) is 5. The van der Waals surface area contributed by atoms with Crippen molar-refractivity contribution >= 4 is 21.6 Å². The molecule has 1 aromatic carbocycles. The molecule has 124 valence electrons. The highest BCUT2D eigenvalue weighted by atomic mass is 79.9. The van der Waals surface area contributed by atoms with Crippen molar-refractivity contribution in [3.63, 3.8) is 0 Å². The molecule has 25 heavy (non-hydrogen) atoms. The van der Waals surface area contributed by atoms with Crippen molar-refractivity contribution in [2.24, 2.45) is 5.10 Å². The van der Waals surface area contributed by atoms with Gasteiger partial charge in [-0.15, -0.1) is 0 Å². The van der Waals surface area contributed by atoms with Crippen LogP contribution in [-0.2, 0) is 0 Å². The normalized spacial score (nSPS) is 21.3. The standard InChI is InChI=1S/C19H14BrN3O2/c20-13-3-4-17-14(10-13)16-11-15(18-2-1-9-24-18)22-23(16)19(25-17)12-5-7-21-8-6-12/h1-10,16,19H,11H2/t16-,19+/m0/s1. The van der Waals surface area contributed by atoms with Crippen LogP contribution in [0, 0.1) is 0 Å². The maximum atomic E-state index is 6.29. The number of benzene rings is 1. The molecule has 2 atom stereocenters. The van der Waals surface area contributed by atoms with E-state index in [1.165, 1.54) is 0 Å². The molecule has 6 heteroatoms.